The van der Waals surface area contributed by atoms with Crippen LogP contribution in [0.5, 0.6) is 11.8 Å². The highest BCUT2D eigenvalue weighted by Crippen LogP contribution is 2.36. The molecule has 0 atom stereocenters. The van der Waals surface area contributed by atoms with E-state index in [1.807, 2.05) is 28.8 Å². The zero-order valence-corrected chi connectivity index (χ0v) is 20.3. The minimum Gasteiger partial charge on any atom is -0.507 e. The monoisotopic (exact) mass is 552 g/mol. The Morgan fingerprint density at radius 1 is 1.18 bits per heavy atom. The second kappa shape index (κ2) is 8.19. The van der Waals surface area contributed by atoms with Gasteiger partial charge in [0.2, 0.25) is 0 Å². The molecule has 166 valence electrons. The van der Waals surface area contributed by atoms with Crippen LogP contribution < -0.4 is 10.1 Å². The van der Waals surface area contributed by atoms with Crippen molar-refractivity contribution in [3.05, 3.63) is 63.3 Å². The number of aromatic hydroxyl groups is 1. The highest BCUT2D eigenvalue weighted by molar-refractivity contribution is 14.1. The Labute approximate surface area is 204 Å². The van der Waals surface area contributed by atoms with Crippen molar-refractivity contribution in [2.75, 3.05) is 18.5 Å². The van der Waals surface area contributed by atoms with E-state index in [-0.39, 0.29) is 11.3 Å². The third-order valence-electron chi connectivity index (χ3n) is 5.68. The number of hydrogen-bond donors (Lipinski definition) is 2. The Bertz CT molecular complexity index is 1410. The van der Waals surface area contributed by atoms with Crippen LogP contribution in [0.4, 0.5) is 11.5 Å². The van der Waals surface area contributed by atoms with Crippen LogP contribution in [0.15, 0.2) is 42.5 Å². The molecule has 1 aliphatic rings. The molecule has 3 heterocycles. The fraction of sp³-hybridized carbons (Fsp3) is 0.250. The molecule has 4 aromatic rings. The van der Waals surface area contributed by atoms with Crippen molar-refractivity contribution >= 4 is 45.3 Å². The Morgan fingerprint density at radius 3 is 2.73 bits per heavy atom. The standard InChI is InChI=1S/C24H21IN6O2/c1-24(2)13-33-23-28-19-20(29-22(25)30-21(19)31(23)24)27-11-10-14-4-9-18(32)17(12-14)15-5-7-16(26-3)8-6-15/h4-9,12,32H,10-11,13H2,1-2H3,(H,27,29,30). The molecule has 33 heavy (non-hydrogen) atoms. The van der Waals surface area contributed by atoms with E-state index < -0.39 is 0 Å². The van der Waals surface area contributed by atoms with Gasteiger partial charge < -0.3 is 15.2 Å². The van der Waals surface area contributed by atoms with Crippen LogP contribution in [0, 0.1) is 10.4 Å². The average molecular weight is 552 g/mol. The SMILES string of the molecule is [C-]#[N+]c1ccc(-c2cc(CCNc3nc(I)nc4c3nc3n4C(C)(C)CO3)ccc2O)cc1. The van der Waals surface area contributed by atoms with Gasteiger partial charge in [0, 0.05) is 34.7 Å². The molecule has 2 N–H and O–H groups in total. The first-order chi connectivity index (χ1) is 15.9. The van der Waals surface area contributed by atoms with E-state index in [0.29, 0.717) is 40.0 Å². The molecule has 8 nitrogen and oxygen atoms in total. The lowest BCUT2D eigenvalue weighted by atomic mass is 10.0. The number of rotatable bonds is 5. The fourth-order valence-corrected chi connectivity index (χ4v) is 4.46. The van der Waals surface area contributed by atoms with Gasteiger partial charge >= 0.3 is 0 Å². The predicted octanol–water partition coefficient (Wildman–Crippen LogP) is 5.14. The van der Waals surface area contributed by atoms with Gasteiger partial charge in [0.25, 0.3) is 6.01 Å². The quantitative estimate of drug-likeness (QED) is 0.203. The molecular weight excluding hydrogens is 531 g/mol. The maximum atomic E-state index is 10.4. The van der Waals surface area contributed by atoms with Crippen molar-refractivity contribution in [3.63, 3.8) is 0 Å². The Balaban J connectivity index is 1.37. The highest BCUT2D eigenvalue weighted by atomic mass is 127. The van der Waals surface area contributed by atoms with Crippen molar-refractivity contribution in [2.45, 2.75) is 25.8 Å². The minimum absolute atomic E-state index is 0.212. The minimum atomic E-state index is -0.214. The Hall–Kier alpha value is -3.39. The first-order valence-corrected chi connectivity index (χ1v) is 11.6. The second-order valence-electron chi connectivity index (χ2n) is 8.53. The van der Waals surface area contributed by atoms with Crippen LogP contribution in [0.1, 0.15) is 19.4 Å². The summed E-state index contributed by atoms with van der Waals surface area (Å²) in [5.41, 5.74) is 4.51. The van der Waals surface area contributed by atoms with Crippen LogP contribution in [-0.2, 0) is 12.0 Å². The molecule has 0 saturated heterocycles. The molecule has 9 heteroatoms. The van der Waals surface area contributed by atoms with Crippen molar-refractivity contribution in [3.8, 4) is 22.9 Å². The van der Waals surface area contributed by atoms with Crippen LogP contribution in [0.25, 0.3) is 27.1 Å². The molecule has 1 aliphatic heterocycles. The summed E-state index contributed by atoms with van der Waals surface area (Å²) < 4.78 is 8.43. The van der Waals surface area contributed by atoms with Crippen LogP contribution in [0.3, 0.4) is 0 Å². The number of nitrogens with zero attached hydrogens (tertiary/aromatic N) is 5. The van der Waals surface area contributed by atoms with Crippen LogP contribution in [0.2, 0.25) is 0 Å². The molecule has 0 aliphatic carbocycles. The van der Waals surface area contributed by atoms with Gasteiger partial charge in [-0.3, -0.25) is 4.57 Å². The second-order valence-corrected chi connectivity index (χ2v) is 9.50. The van der Waals surface area contributed by atoms with Crippen LogP contribution >= 0.6 is 22.6 Å². The maximum absolute atomic E-state index is 10.4. The number of anilines is 1. The van der Waals surface area contributed by atoms with Crippen molar-refractivity contribution < 1.29 is 9.84 Å². The normalized spacial score (nSPS) is 14.0. The zero-order valence-electron chi connectivity index (χ0n) is 18.1. The van der Waals surface area contributed by atoms with Gasteiger partial charge in [0.1, 0.15) is 12.4 Å². The lowest BCUT2D eigenvalue weighted by Crippen LogP contribution is -2.26. The number of fused-ring (bicyclic) bond motifs is 3. The van der Waals surface area contributed by atoms with E-state index in [0.717, 1.165) is 28.8 Å². The maximum Gasteiger partial charge on any atom is 0.299 e. The largest absolute Gasteiger partial charge is 0.507 e. The Morgan fingerprint density at radius 2 is 1.97 bits per heavy atom. The number of phenols is 1. The lowest BCUT2D eigenvalue weighted by Gasteiger charge is -2.18. The Kier molecular flexibility index (Phi) is 5.32. The average Bonchev–Trinajstić information content (AvgIpc) is 3.32. The van der Waals surface area contributed by atoms with Crippen molar-refractivity contribution in [1.29, 1.82) is 0 Å². The molecule has 0 radical (unpaired) electrons. The van der Waals surface area contributed by atoms with Gasteiger partial charge in [-0.25, -0.2) is 14.8 Å². The molecule has 2 aromatic carbocycles. The molecule has 2 aromatic heterocycles. The van der Waals surface area contributed by atoms with E-state index >= 15 is 0 Å². The molecular formula is C24H21IN6O2. The van der Waals surface area contributed by atoms with E-state index in [9.17, 15) is 5.11 Å². The molecule has 0 amide bonds. The number of halogens is 1. The smallest absolute Gasteiger partial charge is 0.299 e. The topological polar surface area (TPSA) is 89.5 Å². The van der Waals surface area contributed by atoms with Crippen LogP contribution in [-0.4, -0.2) is 37.8 Å². The molecule has 5 rings (SSSR count). The molecule has 0 saturated carbocycles. The summed E-state index contributed by atoms with van der Waals surface area (Å²) in [7, 11) is 0. The highest BCUT2D eigenvalue weighted by Gasteiger charge is 2.36. The first-order valence-electron chi connectivity index (χ1n) is 10.5. The van der Waals surface area contributed by atoms with Gasteiger partial charge in [-0.05, 0) is 43.5 Å². The number of benzene rings is 2. The summed E-state index contributed by atoms with van der Waals surface area (Å²) >= 11 is 2.12. The molecule has 0 spiro atoms. The third-order valence-corrected chi connectivity index (χ3v) is 6.17. The van der Waals surface area contributed by atoms with Gasteiger partial charge in [0.05, 0.1) is 12.1 Å². The summed E-state index contributed by atoms with van der Waals surface area (Å²) in [6, 6.07) is 13.4. The number of hydrogen-bond acceptors (Lipinski definition) is 6. The zero-order chi connectivity index (χ0) is 23.2. The van der Waals surface area contributed by atoms with Gasteiger partial charge in [0.15, 0.2) is 26.5 Å². The number of nitrogens with one attached hydrogen (secondary N) is 1. The number of phenolic OH excluding ortho intramolecular Hbond substituents is 1. The summed E-state index contributed by atoms with van der Waals surface area (Å²) in [5, 5.41) is 13.7. The number of imidazole rings is 1. The summed E-state index contributed by atoms with van der Waals surface area (Å²) in [5.74, 6) is 0.893. The van der Waals surface area contributed by atoms with Gasteiger partial charge in [-0.2, -0.15) is 4.98 Å². The fourth-order valence-electron chi connectivity index (χ4n) is 3.99. The van der Waals surface area contributed by atoms with Crippen molar-refractivity contribution in [2.24, 2.45) is 0 Å². The first kappa shape index (κ1) is 21.5. The van der Waals surface area contributed by atoms with E-state index in [4.69, 9.17) is 11.3 Å². The molecule has 0 fully saturated rings. The number of aromatic nitrogens is 4. The number of ether oxygens (including phenoxy) is 1. The summed E-state index contributed by atoms with van der Waals surface area (Å²) in [4.78, 5) is 17.2. The van der Waals surface area contributed by atoms with Crippen molar-refractivity contribution in [1.82, 2.24) is 19.5 Å². The van der Waals surface area contributed by atoms with E-state index in [1.165, 1.54) is 0 Å². The third kappa shape index (κ3) is 3.95. The lowest BCUT2D eigenvalue weighted by molar-refractivity contribution is 0.268. The summed E-state index contributed by atoms with van der Waals surface area (Å²) in [6.07, 6.45) is 0.727. The predicted molar refractivity (Wildman–Crippen MR) is 135 cm³/mol. The summed E-state index contributed by atoms with van der Waals surface area (Å²) in [6.45, 7) is 12.5. The molecule has 0 bridgehead atoms. The van der Waals surface area contributed by atoms with Gasteiger partial charge in [-0.15, -0.1) is 0 Å². The van der Waals surface area contributed by atoms with E-state index in [2.05, 4.69) is 61.6 Å². The van der Waals surface area contributed by atoms with Gasteiger partial charge in [-0.1, -0.05) is 30.3 Å². The molecule has 0 unspecified atom stereocenters. The van der Waals surface area contributed by atoms with E-state index in [1.54, 1.807) is 18.2 Å².